The Morgan fingerprint density at radius 1 is 1.00 bits per heavy atom. The molecule has 0 atom stereocenters. The molecule has 2 rings (SSSR count). The maximum Gasteiger partial charge on any atom is 0.261 e. The molecule has 0 aromatic heterocycles. The summed E-state index contributed by atoms with van der Waals surface area (Å²) in [6.07, 6.45) is 0. The molecule has 0 heterocycles. The minimum Gasteiger partial charge on any atom is -0.278 e. The molecule has 0 aliphatic heterocycles. The fourth-order valence-electron chi connectivity index (χ4n) is 1.98. The van der Waals surface area contributed by atoms with Gasteiger partial charge in [-0.25, -0.2) is 25.6 Å². The molecular formula is C15H15F2NO4S2. The molecule has 2 aromatic rings. The van der Waals surface area contributed by atoms with Crippen LogP contribution in [0.5, 0.6) is 0 Å². The predicted octanol–water partition coefficient (Wildman–Crippen LogP) is 2.87. The van der Waals surface area contributed by atoms with Crippen molar-refractivity contribution in [2.24, 2.45) is 0 Å². The lowest BCUT2D eigenvalue weighted by Gasteiger charge is -2.13. The van der Waals surface area contributed by atoms with Crippen molar-refractivity contribution in [3.63, 3.8) is 0 Å². The summed E-state index contributed by atoms with van der Waals surface area (Å²) in [5.41, 5.74) is -0.140. The molecule has 130 valence electrons. The molecule has 24 heavy (non-hydrogen) atoms. The van der Waals surface area contributed by atoms with E-state index in [0.717, 1.165) is 36.4 Å². The number of halogens is 2. The predicted molar refractivity (Wildman–Crippen MR) is 86.1 cm³/mol. The van der Waals surface area contributed by atoms with Gasteiger partial charge in [0.05, 0.1) is 21.2 Å². The normalized spacial score (nSPS) is 12.2. The van der Waals surface area contributed by atoms with Crippen LogP contribution in [0, 0.1) is 18.6 Å². The minimum atomic E-state index is -4.16. The van der Waals surface area contributed by atoms with Gasteiger partial charge in [-0.2, -0.15) is 0 Å². The lowest BCUT2D eigenvalue weighted by atomic mass is 10.2. The highest BCUT2D eigenvalue weighted by Gasteiger charge is 2.22. The van der Waals surface area contributed by atoms with Crippen LogP contribution in [0.1, 0.15) is 12.5 Å². The van der Waals surface area contributed by atoms with E-state index >= 15 is 0 Å². The fraction of sp³-hybridized carbons (Fsp3) is 0.200. The van der Waals surface area contributed by atoms with Crippen molar-refractivity contribution in [3.8, 4) is 0 Å². The highest BCUT2D eigenvalue weighted by atomic mass is 32.2. The Balaban J connectivity index is 2.53. The molecule has 9 heteroatoms. The third-order valence-corrected chi connectivity index (χ3v) is 6.47. The van der Waals surface area contributed by atoms with E-state index in [1.54, 1.807) is 0 Å². The second-order valence-electron chi connectivity index (χ2n) is 5.06. The number of hydrogen-bond donors (Lipinski definition) is 1. The van der Waals surface area contributed by atoms with Gasteiger partial charge in [0, 0.05) is 0 Å². The summed E-state index contributed by atoms with van der Waals surface area (Å²) in [5, 5.41) is 0. The molecule has 0 saturated carbocycles. The first kappa shape index (κ1) is 18.3. The van der Waals surface area contributed by atoms with Gasteiger partial charge in [-0.05, 0) is 48.9 Å². The van der Waals surface area contributed by atoms with Crippen molar-refractivity contribution in [1.29, 1.82) is 0 Å². The van der Waals surface area contributed by atoms with Crippen molar-refractivity contribution in [1.82, 2.24) is 0 Å². The van der Waals surface area contributed by atoms with E-state index in [0.29, 0.717) is 0 Å². The second kappa shape index (κ2) is 6.48. The third-order valence-electron chi connectivity index (χ3n) is 3.34. The summed E-state index contributed by atoms with van der Waals surface area (Å²) in [5.74, 6) is -1.69. The van der Waals surface area contributed by atoms with Gasteiger partial charge in [0.25, 0.3) is 10.0 Å². The van der Waals surface area contributed by atoms with Crippen LogP contribution in [0.15, 0.2) is 46.2 Å². The molecule has 0 aliphatic carbocycles. The van der Waals surface area contributed by atoms with Crippen molar-refractivity contribution in [3.05, 3.63) is 53.6 Å². The smallest absolute Gasteiger partial charge is 0.261 e. The molecular weight excluding hydrogens is 360 g/mol. The average Bonchev–Trinajstić information content (AvgIpc) is 2.51. The van der Waals surface area contributed by atoms with Crippen LogP contribution >= 0.6 is 0 Å². The Bertz CT molecular complexity index is 987. The summed E-state index contributed by atoms with van der Waals surface area (Å²) in [6.45, 7) is 2.76. The quantitative estimate of drug-likeness (QED) is 0.871. The van der Waals surface area contributed by atoms with E-state index in [1.165, 1.54) is 13.8 Å². The zero-order valence-electron chi connectivity index (χ0n) is 12.9. The maximum atomic E-state index is 13.4. The number of aryl methyl sites for hydroxylation is 1. The number of anilines is 1. The van der Waals surface area contributed by atoms with Gasteiger partial charge in [0.1, 0.15) is 11.6 Å². The van der Waals surface area contributed by atoms with Gasteiger partial charge in [-0.15, -0.1) is 0 Å². The van der Waals surface area contributed by atoms with Gasteiger partial charge in [0.15, 0.2) is 9.84 Å². The fourth-order valence-corrected chi connectivity index (χ4v) is 4.27. The van der Waals surface area contributed by atoms with E-state index in [-0.39, 0.29) is 21.9 Å². The highest BCUT2D eigenvalue weighted by molar-refractivity contribution is 7.93. The van der Waals surface area contributed by atoms with Crippen LogP contribution in [0.4, 0.5) is 14.5 Å². The van der Waals surface area contributed by atoms with Gasteiger partial charge in [-0.3, -0.25) is 4.72 Å². The van der Waals surface area contributed by atoms with E-state index < -0.39 is 36.4 Å². The summed E-state index contributed by atoms with van der Waals surface area (Å²) in [7, 11) is -8.01. The van der Waals surface area contributed by atoms with Gasteiger partial charge < -0.3 is 0 Å². The Morgan fingerprint density at radius 2 is 1.67 bits per heavy atom. The minimum absolute atomic E-state index is 0.124. The van der Waals surface area contributed by atoms with Crippen LogP contribution in [0.25, 0.3) is 0 Å². The number of sulfonamides is 1. The van der Waals surface area contributed by atoms with E-state index in [1.807, 2.05) is 0 Å². The van der Waals surface area contributed by atoms with Crippen LogP contribution in [0.2, 0.25) is 0 Å². The van der Waals surface area contributed by atoms with Crippen LogP contribution in [-0.2, 0) is 19.9 Å². The van der Waals surface area contributed by atoms with Gasteiger partial charge in [-0.1, -0.05) is 6.92 Å². The van der Waals surface area contributed by atoms with Gasteiger partial charge in [0.2, 0.25) is 0 Å². The maximum absolute atomic E-state index is 13.4. The third kappa shape index (κ3) is 3.73. The topological polar surface area (TPSA) is 80.3 Å². The molecule has 0 radical (unpaired) electrons. The van der Waals surface area contributed by atoms with Crippen LogP contribution < -0.4 is 4.72 Å². The number of sulfone groups is 1. The Kier molecular flexibility index (Phi) is 4.95. The van der Waals surface area contributed by atoms with Crippen molar-refractivity contribution in [2.45, 2.75) is 23.6 Å². The summed E-state index contributed by atoms with van der Waals surface area (Å²) < 4.78 is 77.7. The zero-order valence-corrected chi connectivity index (χ0v) is 14.5. The van der Waals surface area contributed by atoms with Crippen LogP contribution in [-0.4, -0.2) is 22.6 Å². The molecule has 1 N–H and O–H groups in total. The summed E-state index contributed by atoms with van der Waals surface area (Å²) >= 11 is 0. The molecule has 0 aliphatic rings. The van der Waals surface area contributed by atoms with Crippen molar-refractivity contribution in [2.75, 3.05) is 10.5 Å². The first-order valence-electron chi connectivity index (χ1n) is 6.88. The monoisotopic (exact) mass is 375 g/mol. The average molecular weight is 375 g/mol. The van der Waals surface area contributed by atoms with E-state index in [4.69, 9.17) is 0 Å². The number of hydrogen-bond acceptors (Lipinski definition) is 4. The highest BCUT2D eigenvalue weighted by Crippen LogP contribution is 2.26. The molecule has 5 nitrogen and oxygen atoms in total. The first-order chi connectivity index (χ1) is 11.1. The number of rotatable bonds is 5. The van der Waals surface area contributed by atoms with Crippen LogP contribution in [0.3, 0.4) is 0 Å². The molecule has 0 bridgehead atoms. The summed E-state index contributed by atoms with van der Waals surface area (Å²) in [4.78, 5) is -0.682. The Labute approximate surface area is 139 Å². The second-order valence-corrected chi connectivity index (χ2v) is 8.99. The molecule has 0 spiro atoms. The van der Waals surface area contributed by atoms with Gasteiger partial charge >= 0.3 is 0 Å². The molecule has 0 fully saturated rings. The van der Waals surface area contributed by atoms with Crippen molar-refractivity contribution < 1.29 is 25.6 Å². The van der Waals surface area contributed by atoms with E-state index in [2.05, 4.69) is 4.72 Å². The molecule has 2 aromatic carbocycles. The number of nitrogens with one attached hydrogen (secondary N) is 1. The largest absolute Gasteiger partial charge is 0.278 e. The van der Waals surface area contributed by atoms with Crippen molar-refractivity contribution >= 4 is 25.5 Å². The molecule has 0 amide bonds. The SMILES string of the molecule is CCS(=O)(=O)c1cc(F)ccc1NS(=O)(=O)c1ccc(F)c(C)c1. The summed E-state index contributed by atoms with van der Waals surface area (Å²) in [6, 6.07) is 5.91. The standard InChI is InChI=1S/C15H15F2NO4S2/c1-3-23(19,20)15-9-11(16)4-7-14(15)18-24(21,22)12-5-6-13(17)10(2)8-12/h4-9,18H,3H2,1-2H3. The van der Waals surface area contributed by atoms with E-state index in [9.17, 15) is 25.6 Å². The number of benzene rings is 2. The Hall–Kier alpha value is -2.00. The lowest BCUT2D eigenvalue weighted by Crippen LogP contribution is -2.16. The lowest BCUT2D eigenvalue weighted by molar-refractivity contribution is 0.592. The first-order valence-corrected chi connectivity index (χ1v) is 10.0. The Morgan fingerprint density at radius 3 is 2.25 bits per heavy atom. The zero-order chi connectivity index (χ0) is 18.1. The molecule has 0 unspecified atom stereocenters. The molecule has 0 saturated heterocycles.